The van der Waals surface area contributed by atoms with Crippen LogP contribution in [0.4, 0.5) is 0 Å². The molecule has 3 nitrogen and oxygen atoms in total. The van der Waals surface area contributed by atoms with Crippen LogP contribution in [0.3, 0.4) is 0 Å². The topological polar surface area (TPSA) is 44.1 Å². The zero-order valence-corrected chi connectivity index (χ0v) is 10.5. The maximum absolute atomic E-state index is 12.2. The monoisotopic (exact) mass is 242 g/mol. The fraction of sp³-hybridized carbons (Fsp3) is 0.467. The number of nitrogens with zero attached hydrogens (tertiary/aromatic N) is 2. The van der Waals surface area contributed by atoms with E-state index in [4.69, 9.17) is 0 Å². The lowest BCUT2D eigenvalue weighted by atomic mass is 9.95. The molecule has 1 unspecified atom stereocenters. The molecule has 1 aliphatic rings. The number of nitriles is 1. The summed E-state index contributed by atoms with van der Waals surface area (Å²) >= 11 is 0. The molecule has 0 aliphatic carbocycles. The summed E-state index contributed by atoms with van der Waals surface area (Å²) in [6.45, 7) is 2.38. The van der Waals surface area contributed by atoms with Gasteiger partial charge in [-0.15, -0.1) is 0 Å². The molecular formula is C15H18N2O. The zero-order valence-electron chi connectivity index (χ0n) is 10.5. The smallest absolute Gasteiger partial charge is 0.168 e. The van der Waals surface area contributed by atoms with Gasteiger partial charge in [0.15, 0.2) is 5.78 Å². The van der Waals surface area contributed by atoms with E-state index in [1.165, 1.54) is 6.42 Å². The third-order valence-corrected chi connectivity index (χ3v) is 3.41. The standard InChI is InChI=1S/C15H18N2O/c16-11-14(13-7-3-1-4-8-13)15(18)12-17-9-5-2-6-10-17/h1,3-4,7-8,14H,2,5-6,9-10,12H2. The number of likely N-dealkylation sites (tertiary alicyclic amines) is 1. The van der Waals surface area contributed by atoms with Crippen LogP contribution < -0.4 is 0 Å². The number of benzene rings is 1. The van der Waals surface area contributed by atoms with Gasteiger partial charge in [0.1, 0.15) is 5.92 Å². The van der Waals surface area contributed by atoms with Crippen LogP contribution in [0.25, 0.3) is 0 Å². The van der Waals surface area contributed by atoms with E-state index in [1.807, 2.05) is 30.3 Å². The molecule has 1 heterocycles. The summed E-state index contributed by atoms with van der Waals surface area (Å²) in [5.41, 5.74) is 0.807. The highest BCUT2D eigenvalue weighted by molar-refractivity contribution is 5.90. The van der Waals surface area contributed by atoms with Gasteiger partial charge >= 0.3 is 0 Å². The van der Waals surface area contributed by atoms with Crippen LogP contribution in [0.2, 0.25) is 0 Å². The largest absolute Gasteiger partial charge is 0.296 e. The van der Waals surface area contributed by atoms with Crippen molar-refractivity contribution in [3.8, 4) is 6.07 Å². The van der Waals surface area contributed by atoms with Crippen molar-refractivity contribution in [2.45, 2.75) is 25.2 Å². The first-order chi connectivity index (χ1) is 8.81. The van der Waals surface area contributed by atoms with E-state index in [9.17, 15) is 10.1 Å². The average Bonchev–Trinajstić information content (AvgIpc) is 2.42. The molecular weight excluding hydrogens is 224 g/mol. The SMILES string of the molecule is N#CC(C(=O)CN1CCCCC1)c1ccccc1. The molecule has 1 aromatic carbocycles. The first-order valence-electron chi connectivity index (χ1n) is 6.51. The molecule has 0 saturated carbocycles. The summed E-state index contributed by atoms with van der Waals surface area (Å²) in [6.07, 6.45) is 3.58. The summed E-state index contributed by atoms with van der Waals surface area (Å²) in [6, 6.07) is 11.5. The minimum atomic E-state index is -0.617. The Morgan fingerprint density at radius 3 is 2.50 bits per heavy atom. The number of carbonyl (C=O) groups excluding carboxylic acids is 1. The lowest BCUT2D eigenvalue weighted by Gasteiger charge is -2.26. The van der Waals surface area contributed by atoms with Gasteiger partial charge in [-0.25, -0.2) is 0 Å². The van der Waals surface area contributed by atoms with Crippen LogP contribution in [0.15, 0.2) is 30.3 Å². The minimum absolute atomic E-state index is 0.0191. The number of hydrogen-bond donors (Lipinski definition) is 0. The molecule has 1 fully saturated rings. The van der Waals surface area contributed by atoms with E-state index in [-0.39, 0.29) is 5.78 Å². The molecule has 0 amide bonds. The number of hydrogen-bond acceptors (Lipinski definition) is 3. The van der Waals surface area contributed by atoms with Crippen molar-refractivity contribution >= 4 is 5.78 Å². The summed E-state index contributed by atoms with van der Waals surface area (Å²) in [5, 5.41) is 9.19. The molecule has 1 aliphatic heterocycles. The van der Waals surface area contributed by atoms with Gasteiger partial charge in [-0.2, -0.15) is 5.26 Å². The zero-order chi connectivity index (χ0) is 12.8. The summed E-state index contributed by atoms with van der Waals surface area (Å²) in [5.74, 6) is -0.598. The molecule has 0 aromatic heterocycles. The van der Waals surface area contributed by atoms with Gasteiger partial charge < -0.3 is 0 Å². The van der Waals surface area contributed by atoms with Crippen LogP contribution in [-0.2, 0) is 4.79 Å². The van der Waals surface area contributed by atoms with Gasteiger partial charge in [0.25, 0.3) is 0 Å². The second-order valence-corrected chi connectivity index (χ2v) is 4.78. The normalized spacial score (nSPS) is 17.9. The molecule has 2 rings (SSSR count). The van der Waals surface area contributed by atoms with Crippen molar-refractivity contribution in [2.24, 2.45) is 0 Å². The van der Waals surface area contributed by atoms with E-state index in [1.54, 1.807) is 0 Å². The number of piperidine rings is 1. The maximum atomic E-state index is 12.2. The Balaban J connectivity index is 2.00. The Kier molecular flexibility index (Phi) is 4.49. The van der Waals surface area contributed by atoms with Crippen LogP contribution in [-0.4, -0.2) is 30.3 Å². The second-order valence-electron chi connectivity index (χ2n) is 4.78. The van der Waals surface area contributed by atoms with Crippen molar-refractivity contribution < 1.29 is 4.79 Å². The molecule has 1 aromatic rings. The molecule has 3 heteroatoms. The predicted octanol–water partition coefficient (Wildman–Crippen LogP) is 2.35. The highest BCUT2D eigenvalue weighted by Crippen LogP contribution is 2.17. The van der Waals surface area contributed by atoms with E-state index in [0.29, 0.717) is 6.54 Å². The quantitative estimate of drug-likeness (QED) is 0.814. The van der Waals surface area contributed by atoms with Crippen molar-refractivity contribution in [3.63, 3.8) is 0 Å². The van der Waals surface area contributed by atoms with Gasteiger partial charge in [0.2, 0.25) is 0 Å². The Morgan fingerprint density at radius 1 is 1.22 bits per heavy atom. The maximum Gasteiger partial charge on any atom is 0.168 e. The fourth-order valence-corrected chi connectivity index (χ4v) is 2.41. The predicted molar refractivity (Wildman–Crippen MR) is 70.1 cm³/mol. The summed E-state index contributed by atoms with van der Waals surface area (Å²) in [4.78, 5) is 14.3. The first kappa shape index (κ1) is 12.8. The van der Waals surface area contributed by atoms with Crippen LogP contribution >= 0.6 is 0 Å². The van der Waals surface area contributed by atoms with Crippen molar-refractivity contribution in [1.29, 1.82) is 5.26 Å². The highest BCUT2D eigenvalue weighted by Gasteiger charge is 2.22. The van der Waals surface area contributed by atoms with E-state index < -0.39 is 5.92 Å². The van der Waals surface area contributed by atoms with Gasteiger partial charge in [-0.1, -0.05) is 36.8 Å². The van der Waals surface area contributed by atoms with Gasteiger partial charge in [0, 0.05) is 0 Å². The van der Waals surface area contributed by atoms with Crippen LogP contribution in [0, 0.1) is 11.3 Å². The summed E-state index contributed by atoms with van der Waals surface area (Å²) < 4.78 is 0. The second kappa shape index (κ2) is 6.32. The first-order valence-corrected chi connectivity index (χ1v) is 6.51. The molecule has 0 radical (unpaired) electrons. The molecule has 0 spiro atoms. The molecule has 0 N–H and O–H groups in total. The van der Waals surface area contributed by atoms with E-state index in [2.05, 4.69) is 11.0 Å². The van der Waals surface area contributed by atoms with E-state index >= 15 is 0 Å². The lowest BCUT2D eigenvalue weighted by Crippen LogP contribution is -2.36. The highest BCUT2D eigenvalue weighted by atomic mass is 16.1. The Bertz CT molecular complexity index is 430. The molecule has 1 atom stereocenters. The summed E-state index contributed by atoms with van der Waals surface area (Å²) in [7, 11) is 0. The van der Waals surface area contributed by atoms with Crippen molar-refractivity contribution in [1.82, 2.24) is 4.90 Å². The molecule has 94 valence electrons. The number of Topliss-reactive ketones (excluding diaryl/α,β-unsaturated/α-hetero) is 1. The Labute approximate surface area is 108 Å². The van der Waals surface area contributed by atoms with Gasteiger partial charge in [-0.05, 0) is 31.5 Å². The molecule has 0 bridgehead atoms. The number of rotatable bonds is 4. The number of carbonyl (C=O) groups is 1. The third-order valence-electron chi connectivity index (χ3n) is 3.41. The lowest BCUT2D eigenvalue weighted by molar-refractivity contribution is -0.120. The third kappa shape index (κ3) is 3.18. The van der Waals surface area contributed by atoms with Crippen molar-refractivity contribution in [2.75, 3.05) is 19.6 Å². The van der Waals surface area contributed by atoms with E-state index in [0.717, 1.165) is 31.5 Å². The Hall–Kier alpha value is -1.66. The molecule has 1 saturated heterocycles. The fourth-order valence-electron chi connectivity index (χ4n) is 2.41. The Morgan fingerprint density at radius 2 is 1.89 bits per heavy atom. The van der Waals surface area contributed by atoms with Crippen LogP contribution in [0.5, 0.6) is 0 Å². The van der Waals surface area contributed by atoms with Gasteiger partial charge in [-0.3, -0.25) is 9.69 Å². The van der Waals surface area contributed by atoms with Crippen LogP contribution in [0.1, 0.15) is 30.7 Å². The minimum Gasteiger partial charge on any atom is -0.296 e. The number of ketones is 1. The molecule has 18 heavy (non-hydrogen) atoms. The van der Waals surface area contributed by atoms with Gasteiger partial charge in [0.05, 0.1) is 12.6 Å². The van der Waals surface area contributed by atoms with Crippen molar-refractivity contribution in [3.05, 3.63) is 35.9 Å². The average molecular weight is 242 g/mol.